The molecule has 0 bridgehead atoms. The van der Waals surface area contributed by atoms with Crippen LogP contribution in [0.25, 0.3) is 0 Å². The summed E-state index contributed by atoms with van der Waals surface area (Å²) in [6, 6.07) is 9.60. The molecule has 0 aliphatic heterocycles. The van der Waals surface area contributed by atoms with E-state index in [0.717, 1.165) is 17.2 Å². The molecule has 0 saturated heterocycles. The molecule has 27 heavy (non-hydrogen) atoms. The van der Waals surface area contributed by atoms with Gasteiger partial charge in [0.05, 0.1) is 4.92 Å². The highest BCUT2D eigenvalue weighted by Gasteiger charge is 2.19. The number of aryl methyl sites for hydroxylation is 2. The number of nitro groups is 1. The smallest absolute Gasteiger partial charge is 0.279 e. The minimum Gasteiger partial charge on any atom is -0.481 e. The van der Waals surface area contributed by atoms with Gasteiger partial charge in [-0.05, 0) is 51.0 Å². The van der Waals surface area contributed by atoms with E-state index in [9.17, 15) is 19.7 Å². The van der Waals surface area contributed by atoms with E-state index >= 15 is 0 Å². The van der Waals surface area contributed by atoms with Gasteiger partial charge in [0.1, 0.15) is 5.75 Å². The van der Waals surface area contributed by atoms with Crippen LogP contribution in [-0.2, 0) is 4.79 Å². The van der Waals surface area contributed by atoms with Gasteiger partial charge in [0.25, 0.3) is 17.5 Å². The molecule has 1 unspecified atom stereocenters. The predicted octanol–water partition coefficient (Wildman–Crippen LogP) is 2.75. The van der Waals surface area contributed by atoms with Gasteiger partial charge in [-0.15, -0.1) is 0 Å². The summed E-state index contributed by atoms with van der Waals surface area (Å²) in [7, 11) is 0. The van der Waals surface area contributed by atoms with Crippen LogP contribution in [0.2, 0.25) is 0 Å². The Kier molecular flexibility index (Phi) is 6.12. The number of carbonyl (C=O) groups is 2. The average molecular weight is 371 g/mol. The Morgan fingerprint density at radius 2 is 1.78 bits per heavy atom. The lowest BCUT2D eigenvalue weighted by molar-refractivity contribution is -0.385. The first kappa shape index (κ1) is 19.9. The van der Waals surface area contributed by atoms with Gasteiger partial charge in [0, 0.05) is 17.2 Å². The van der Waals surface area contributed by atoms with E-state index in [2.05, 4.69) is 10.9 Å². The number of nitrogens with zero attached hydrogens (tertiary/aromatic N) is 1. The zero-order valence-corrected chi connectivity index (χ0v) is 15.5. The van der Waals surface area contributed by atoms with Crippen LogP contribution in [0.3, 0.4) is 0 Å². The number of hydrogen-bond donors (Lipinski definition) is 2. The van der Waals surface area contributed by atoms with Crippen molar-refractivity contribution in [2.75, 3.05) is 0 Å². The van der Waals surface area contributed by atoms with E-state index in [0.29, 0.717) is 11.3 Å². The normalized spacial score (nSPS) is 11.4. The van der Waals surface area contributed by atoms with Crippen molar-refractivity contribution in [2.24, 2.45) is 0 Å². The first-order valence-corrected chi connectivity index (χ1v) is 8.28. The minimum atomic E-state index is -0.849. The van der Waals surface area contributed by atoms with Gasteiger partial charge in [0.15, 0.2) is 6.10 Å². The molecule has 1 atom stereocenters. The summed E-state index contributed by atoms with van der Waals surface area (Å²) < 4.78 is 5.64. The largest absolute Gasteiger partial charge is 0.481 e. The molecule has 2 amide bonds. The molecule has 2 aromatic carbocycles. The quantitative estimate of drug-likeness (QED) is 0.620. The molecule has 8 heteroatoms. The summed E-state index contributed by atoms with van der Waals surface area (Å²) in [5, 5.41) is 11.0. The van der Waals surface area contributed by atoms with Gasteiger partial charge in [-0.3, -0.25) is 30.6 Å². The van der Waals surface area contributed by atoms with Crippen molar-refractivity contribution >= 4 is 17.5 Å². The number of nitro benzene ring substituents is 1. The number of hydrazine groups is 1. The predicted molar refractivity (Wildman–Crippen MR) is 99.4 cm³/mol. The van der Waals surface area contributed by atoms with Gasteiger partial charge >= 0.3 is 0 Å². The summed E-state index contributed by atoms with van der Waals surface area (Å²) in [4.78, 5) is 34.7. The minimum absolute atomic E-state index is 0.0655. The maximum atomic E-state index is 12.1. The van der Waals surface area contributed by atoms with Crippen LogP contribution in [0.15, 0.2) is 36.4 Å². The average Bonchev–Trinajstić information content (AvgIpc) is 2.63. The van der Waals surface area contributed by atoms with E-state index in [1.165, 1.54) is 12.1 Å². The van der Waals surface area contributed by atoms with Crippen LogP contribution in [-0.4, -0.2) is 22.8 Å². The van der Waals surface area contributed by atoms with Gasteiger partial charge in [-0.1, -0.05) is 18.2 Å². The molecule has 0 spiro atoms. The Bertz CT molecular complexity index is 895. The molecule has 0 radical (unpaired) electrons. The maximum Gasteiger partial charge on any atom is 0.279 e. The molecule has 0 aliphatic rings. The first-order chi connectivity index (χ1) is 12.7. The highest BCUT2D eigenvalue weighted by molar-refractivity contribution is 5.96. The lowest BCUT2D eigenvalue weighted by Crippen LogP contribution is -2.47. The van der Waals surface area contributed by atoms with Crippen molar-refractivity contribution in [3.63, 3.8) is 0 Å². The highest BCUT2D eigenvalue weighted by atomic mass is 16.6. The zero-order chi connectivity index (χ0) is 20.1. The fourth-order valence-corrected chi connectivity index (χ4v) is 2.34. The molecular formula is C19H21N3O5. The van der Waals surface area contributed by atoms with Crippen LogP contribution < -0.4 is 15.6 Å². The summed E-state index contributed by atoms with van der Waals surface area (Å²) in [6.45, 7) is 6.96. The standard InChI is InChI=1S/C19H21N3O5/c1-11-6-5-7-17(13(11)3)27-14(4)18(23)20-21-19(24)15-9-8-12(2)16(10-15)22(25)26/h5-10,14H,1-4H3,(H,20,23)(H,21,24). The van der Waals surface area contributed by atoms with Gasteiger partial charge in [-0.25, -0.2) is 0 Å². The summed E-state index contributed by atoms with van der Waals surface area (Å²) in [5.74, 6) is -0.630. The fourth-order valence-electron chi connectivity index (χ4n) is 2.34. The molecule has 0 heterocycles. The second-order valence-electron chi connectivity index (χ2n) is 6.16. The van der Waals surface area contributed by atoms with Crippen molar-refractivity contribution in [1.29, 1.82) is 0 Å². The molecule has 0 aromatic heterocycles. The Labute approximate surface area is 156 Å². The Hall–Kier alpha value is -3.42. The van der Waals surface area contributed by atoms with E-state index in [1.807, 2.05) is 26.0 Å². The van der Waals surface area contributed by atoms with Crippen LogP contribution in [0, 0.1) is 30.9 Å². The SMILES string of the molecule is Cc1ccc(C(=O)NNC(=O)C(C)Oc2cccc(C)c2C)cc1[N+](=O)[O-]. The van der Waals surface area contributed by atoms with E-state index in [1.54, 1.807) is 19.9 Å². The molecule has 0 fully saturated rings. The molecule has 2 aromatic rings. The van der Waals surface area contributed by atoms with E-state index < -0.39 is 22.8 Å². The summed E-state index contributed by atoms with van der Waals surface area (Å²) in [6.07, 6.45) is -0.849. The monoisotopic (exact) mass is 371 g/mol. The van der Waals surface area contributed by atoms with Gasteiger partial charge < -0.3 is 4.74 Å². The number of amides is 2. The molecule has 2 N–H and O–H groups in total. The van der Waals surface area contributed by atoms with E-state index in [-0.39, 0.29) is 11.3 Å². The number of benzene rings is 2. The zero-order valence-electron chi connectivity index (χ0n) is 15.5. The maximum absolute atomic E-state index is 12.1. The number of nitrogens with one attached hydrogen (secondary N) is 2. The summed E-state index contributed by atoms with van der Waals surface area (Å²) in [5.41, 5.74) is 6.80. The lowest BCUT2D eigenvalue weighted by Gasteiger charge is -2.17. The Balaban J connectivity index is 1.98. The molecule has 0 aliphatic carbocycles. The third-order valence-electron chi connectivity index (χ3n) is 4.20. The topological polar surface area (TPSA) is 111 Å². The van der Waals surface area contributed by atoms with Crippen molar-refractivity contribution in [2.45, 2.75) is 33.8 Å². The third kappa shape index (κ3) is 4.81. The number of carbonyl (C=O) groups excluding carboxylic acids is 2. The number of rotatable bonds is 5. The Morgan fingerprint density at radius 3 is 2.44 bits per heavy atom. The van der Waals surface area contributed by atoms with E-state index in [4.69, 9.17) is 4.74 Å². The van der Waals surface area contributed by atoms with Crippen LogP contribution in [0.4, 0.5) is 5.69 Å². The Morgan fingerprint density at radius 1 is 1.07 bits per heavy atom. The van der Waals surface area contributed by atoms with Crippen molar-refractivity contribution in [3.05, 3.63) is 68.8 Å². The molecular weight excluding hydrogens is 350 g/mol. The molecule has 142 valence electrons. The summed E-state index contributed by atoms with van der Waals surface area (Å²) >= 11 is 0. The fraction of sp³-hybridized carbons (Fsp3) is 0.263. The molecule has 0 saturated carbocycles. The van der Waals surface area contributed by atoms with Gasteiger partial charge in [0.2, 0.25) is 0 Å². The van der Waals surface area contributed by atoms with Crippen molar-refractivity contribution in [3.8, 4) is 5.75 Å². The second-order valence-corrected chi connectivity index (χ2v) is 6.16. The van der Waals surface area contributed by atoms with Crippen LogP contribution in [0.5, 0.6) is 5.75 Å². The van der Waals surface area contributed by atoms with Crippen molar-refractivity contribution in [1.82, 2.24) is 10.9 Å². The lowest BCUT2D eigenvalue weighted by atomic mass is 10.1. The van der Waals surface area contributed by atoms with Crippen LogP contribution >= 0.6 is 0 Å². The van der Waals surface area contributed by atoms with Gasteiger partial charge in [-0.2, -0.15) is 0 Å². The molecule has 8 nitrogen and oxygen atoms in total. The van der Waals surface area contributed by atoms with Crippen LogP contribution in [0.1, 0.15) is 34.0 Å². The third-order valence-corrected chi connectivity index (χ3v) is 4.20. The first-order valence-electron chi connectivity index (χ1n) is 8.28. The molecule has 2 rings (SSSR count). The van der Waals surface area contributed by atoms with Crippen molar-refractivity contribution < 1.29 is 19.2 Å². The number of hydrogen-bond acceptors (Lipinski definition) is 5. The highest BCUT2D eigenvalue weighted by Crippen LogP contribution is 2.22. The second kappa shape index (κ2) is 8.31. The number of ether oxygens (including phenoxy) is 1.